The number of aromatic nitrogens is 3. The molecule has 10 heteroatoms. The first-order chi connectivity index (χ1) is 16.4. The molecule has 0 radical (unpaired) electrons. The van der Waals surface area contributed by atoms with Gasteiger partial charge in [-0.1, -0.05) is 77.4 Å². The van der Waals surface area contributed by atoms with E-state index >= 15 is 0 Å². The van der Waals surface area contributed by atoms with E-state index in [2.05, 4.69) is 10.2 Å². The quantitative estimate of drug-likeness (QED) is 0.142. The summed E-state index contributed by atoms with van der Waals surface area (Å²) >= 11 is 13.5. The van der Waals surface area contributed by atoms with Gasteiger partial charge in [-0.05, 0) is 37.3 Å². The molecular formula is C24H20Cl2N4O3S. The zero-order valence-electron chi connectivity index (χ0n) is 18.1. The summed E-state index contributed by atoms with van der Waals surface area (Å²) in [4.78, 5) is 11.2. The number of ether oxygens (including phenoxy) is 1. The number of benzene rings is 3. The highest BCUT2D eigenvalue weighted by Gasteiger charge is 2.26. The van der Waals surface area contributed by atoms with Gasteiger partial charge in [0.1, 0.15) is 23.4 Å². The summed E-state index contributed by atoms with van der Waals surface area (Å²) in [5.74, 6) is 1.23. The van der Waals surface area contributed by atoms with E-state index in [0.29, 0.717) is 32.3 Å². The molecule has 4 rings (SSSR count). The normalized spacial score (nSPS) is 11.9. The van der Waals surface area contributed by atoms with Crippen LogP contribution >= 0.6 is 35.0 Å². The number of nitrogens with zero attached hydrogens (tertiary/aromatic N) is 4. The Kier molecular flexibility index (Phi) is 7.72. The molecule has 0 aliphatic rings. The van der Waals surface area contributed by atoms with Crippen molar-refractivity contribution in [1.82, 2.24) is 14.8 Å². The van der Waals surface area contributed by atoms with E-state index < -0.39 is 5.25 Å². The molecule has 0 aliphatic carbocycles. The lowest BCUT2D eigenvalue weighted by Crippen LogP contribution is -2.12. The van der Waals surface area contributed by atoms with Crippen LogP contribution in [0.2, 0.25) is 10.0 Å². The fraction of sp³-hybridized carbons (Fsp3) is 0.167. The van der Waals surface area contributed by atoms with Crippen molar-refractivity contribution in [1.29, 1.82) is 0 Å². The molecule has 0 aliphatic heterocycles. The summed E-state index contributed by atoms with van der Waals surface area (Å²) < 4.78 is 7.94. The maximum Gasteiger partial charge on any atom is 0.220 e. The molecule has 0 N–H and O–H groups in total. The molecule has 1 heterocycles. The van der Waals surface area contributed by atoms with Crippen LogP contribution in [-0.2, 0) is 6.61 Å². The van der Waals surface area contributed by atoms with Crippen LogP contribution in [0, 0.1) is 17.0 Å². The Bertz CT molecular complexity index is 1300. The van der Waals surface area contributed by atoms with E-state index in [1.165, 1.54) is 11.8 Å². The third-order valence-corrected chi connectivity index (χ3v) is 6.79. The molecule has 34 heavy (non-hydrogen) atoms. The highest BCUT2D eigenvalue weighted by atomic mass is 35.5. The molecule has 174 valence electrons. The Hall–Kier alpha value is -3.07. The van der Waals surface area contributed by atoms with Gasteiger partial charge in [-0.2, -0.15) is 0 Å². The second kappa shape index (κ2) is 10.9. The zero-order valence-corrected chi connectivity index (χ0v) is 20.4. The molecule has 0 saturated heterocycles. The van der Waals surface area contributed by atoms with E-state index in [9.17, 15) is 10.1 Å². The monoisotopic (exact) mass is 514 g/mol. The van der Waals surface area contributed by atoms with E-state index in [1.54, 1.807) is 24.3 Å². The Morgan fingerprint density at radius 2 is 1.79 bits per heavy atom. The molecule has 1 atom stereocenters. The minimum Gasteiger partial charge on any atom is -0.489 e. The first kappa shape index (κ1) is 24.1. The fourth-order valence-electron chi connectivity index (χ4n) is 3.43. The minimum atomic E-state index is -0.557. The predicted octanol–water partition coefficient (Wildman–Crippen LogP) is 6.57. The van der Waals surface area contributed by atoms with Crippen LogP contribution in [0.1, 0.15) is 22.2 Å². The second-order valence-electron chi connectivity index (χ2n) is 7.38. The van der Waals surface area contributed by atoms with Gasteiger partial charge in [0.05, 0.1) is 0 Å². The van der Waals surface area contributed by atoms with Gasteiger partial charge in [0.15, 0.2) is 5.16 Å². The average molecular weight is 515 g/mol. The maximum atomic E-state index is 11.6. The van der Waals surface area contributed by atoms with Crippen LogP contribution in [0.4, 0.5) is 0 Å². The van der Waals surface area contributed by atoms with Crippen molar-refractivity contribution in [3.63, 3.8) is 0 Å². The summed E-state index contributed by atoms with van der Waals surface area (Å²) in [7, 11) is 0. The van der Waals surface area contributed by atoms with Crippen LogP contribution in [0.3, 0.4) is 0 Å². The van der Waals surface area contributed by atoms with Crippen LogP contribution in [0.5, 0.6) is 5.75 Å². The minimum absolute atomic E-state index is 0.197. The largest absolute Gasteiger partial charge is 0.489 e. The number of aryl methyl sites for hydroxylation is 1. The van der Waals surface area contributed by atoms with Gasteiger partial charge in [-0.15, -0.1) is 10.2 Å². The summed E-state index contributed by atoms with van der Waals surface area (Å²) in [6.07, 6.45) is 0. The molecule has 0 amide bonds. The summed E-state index contributed by atoms with van der Waals surface area (Å²) in [5.41, 5.74) is 2.34. The van der Waals surface area contributed by atoms with Gasteiger partial charge >= 0.3 is 0 Å². The number of thioether (sulfide) groups is 1. The number of halogens is 2. The average Bonchev–Trinajstić information content (AvgIpc) is 3.18. The SMILES string of the molecule is Cc1nnc(S[C@@H](C[N+](=O)[O-])c2ccccc2OCc2ccc(Cl)cc2Cl)n1-c1ccccc1. The molecule has 4 aromatic rings. The van der Waals surface area contributed by atoms with Gasteiger partial charge in [0.25, 0.3) is 0 Å². The van der Waals surface area contributed by atoms with Crippen molar-refractivity contribution in [3.8, 4) is 11.4 Å². The molecule has 7 nitrogen and oxygen atoms in total. The topological polar surface area (TPSA) is 83.1 Å². The number of hydrogen-bond acceptors (Lipinski definition) is 6. The van der Waals surface area contributed by atoms with Crippen LogP contribution < -0.4 is 4.74 Å². The Morgan fingerprint density at radius 3 is 2.53 bits per heavy atom. The van der Waals surface area contributed by atoms with E-state index in [4.69, 9.17) is 27.9 Å². The van der Waals surface area contributed by atoms with Gasteiger partial charge < -0.3 is 4.74 Å². The lowest BCUT2D eigenvalue weighted by atomic mass is 10.1. The smallest absolute Gasteiger partial charge is 0.220 e. The van der Waals surface area contributed by atoms with Crippen LogP contribution in [-0.4, -0.2) is 26.2 Å². The first-order valence-corrected chi connectivity index (χ1v) is 12.0. The molecule has 3 aromatic carbocycles. The molecule has 1 aromatic heterocycles. The van der Waals surface area contributed by atoms with Crippen molar-refractivity contribution in [2.45, 2.75) is 23.9 Å². The van der Waals surface area contributed by atoms with Crippen molar-refractivity contribution >= 4 is 35.0 Å². The summed E-state index contributed by atoms with van der Waals surface area (Å²) in [6, 6.07) is 22.1. The Morgan fingerprint density at radius 1 is 1.06 bits per heavy atom. The molecule has 0 fully saturated rings. The Balaban J connectivity index is 1.64. The van der Waals surface area contributed by atoms with Gasteiger partial charge in [0, 0.05) is 31.8 Å². The molecule has 0 saturated carbocycles. The second-order valence-corrected chi connectivity index (χ2v) is 9.40. The van der Waals surface area contributed by atoms with Crippen molar-refractivity contribution < 1.29 is 9.66 Å². The number of rotatable bonds is 9. The lowest BCUT2D eigenvalue weighted by molar-refractivity contribution is -0.479. The summed E-state index contributed by atoms with van der Waals surface area (Å²) in [6.45, 7) is 1.73. The third kappa shape index (κ3) is 5.70. The summed E-state index contributed by atoms with van der Waals surface area (Å²) in [5, 5.41) is 21.1. The highest BCUT2D eigenvalue weighted by molar-refractivity contribution is 7.99. The fourth-order valence-corrected chi connectivity index (χ4v) is 5.09. The van der Waals surface area contributed by atoms with Gasteiger partial charge in [-0.3, -0.25) is 14.7 Å². The van der Waals surface area contributed by atoms with Crippen molar-refractivity contribution in [2.24, 2.45) is 0 Å². The van der Waals surface area contributed by atoms with E-state index in [-0.39, 0.29) is 18.1 Å². The highest BCUT2D eigenvalue weighted by Crippen LogP contribution is 2.40. The van der Waals surface area contributed by atoms with Gasteiger partial charge in [0.2, 0.25) is 6.54 Å². The lowest BCUT2D eigenvalue weighted by Gasteiger charge is -2.18. The van der Waals surface area contributed by atoms with Crippen molar-refractivity contribution in [2.75, 3.05) is 6.54 Å². The van der Waals surface area contributed by atoms with Crippen LogP contribution in [0.15, 0.2) is 78.0 Å². The first-order valence-electron chi connectivity index (χ1n) is 10.3. The number of para-hydroxylation sites is 2. The maximum absolute atomic E-state index is 11.6. The van der Waals surface area contributed by atoms with Crippen LogP contribution in [0.25, 0.3) is 5.69 Å². The van der Waals surface area contributed by atoms with E-state index in [1.807, 2.05) is 60.0 Å². The number of hydrogen-bond donors (Lipinski definition) is 0. The zero-order chi connectivity index (χ0) is 24.1. The van der Waals surface area contributed by atoms with Crippen molar-refractivity contribution in [3.05, 3.63) is 110 Å². The standard InChI is InChI=1S/C24H20Cl2N4O3S/c1-16-27-28-24(30(16)19-7-3-2-4-8-19)34-23(14-29(31)32)20-9-5-6-10-22(20)33-15-17-11-12-18(25)13-21(17)26/h2-13,23H,14-15H2,1H3/t23-/m0/s1. The molecular weight excluding hydrogens is 495 g/mol. The molecule has 0 spiro atoms. The Labute approximate surface area is 210 Å². The van der Waals surface area contributed by atoms with E-state index in [0.717, 1.165) is 11.3 Å². The number of nitro groups is 1. The third-order valence-electron chi connectivity index (χ3n) is 5.04. The predicted molar refractivity (Wildman–Crippen MR) is 134 cm³/mol. The van der Waals surface area contributed by atoms with Gasteiger partial charge in [-0.25, -0.2) is 0 Å². The molecule has 0 unspecified atom stereocenters. The molecule has 0 bridgehead atoms.